The van der Waals surface area contributed by atoms with Crippen LogP contribution in [-0.2, 0) is 0 Å². The molecule has 1 aromatic heterocycles. The predicted octanol–water partition coefficient (Wildman–Crippen LogP) is 2.18. The molecule has 0 bridgehead atoms. The van der Waals surface area contributed by atoms with Crippen LogP contribution in [0.2, 0.25) is 0 Å². The summed E-state index contributed by atoms with van der Waals surface area (Å²) in [5.74, 6) is 0.628. The Morgan fingerprint density at radius 2 is 2.07 bits per heavy atom. The molecule has 0 unspecified atom stereocenters. The van der Waals surface area contributed by atoms with Gasteiger partial charge in [-0.2, -0.15) is 0 Å². The van der Waals surface area contributed by atoms with Gasteiger partial charge in [0, 0.05) is 24.8 Å². The van der Waals surface area contributed by atoms with Crippen LogP contribution in [0.25, 0.3) is 0 Å². The van der Waals surface area contributed by atoms with E-state index in [1.165, 1.54) is 0 Å². The van der Waals surface area contributed by atoms with E-state index in [-0.39, 0.29) is 6.61 Å². The van der Waals surface area contributed by atoms with Gasteiger partial charge in [-0.25, -0.2) is 4.98 Å². The Balaban J connectivity index is 0.000000791. The Labute approximate surface area is 85.8 Å². The molecule has 0 saturated heterocycles. The maximum Gasteiger partial charge on any atom is 0.213 e. The Kier molecular flexibility index (Phi) is 7.84. The van der Waals surface area contributed by atoms with E-state index < -0.39 is 0 Å². The molecule has 1 aromatic rings. The van der Waals surface area contributed by atoms with Crippen LogP contribution < -0.4 is 4.74 Å². The van der Waals surface area contributed by atoms with Gasteiger partial charge in [0.2, 0.25) is 5.88 Å². The first kappa shape index (κ1) is 12.9. The monoisotopic (exact) mass is 197 g/mol. The van der Waals surface area contributed by atoms with E-state index in [0.717, 1.165) is 5.69 Å². The second-order valence-electron chi connectivity index (χ2n) is 2.54. The van der Waals surface area contributed by atoms with Crippen molar-refractivity contribution in [3.8, 4) is 5.88 Å². The van der Waals surface area contributed by atoms with Crippen LogP contribution in [0.1, 0.15) is 26.0 Å². The van der Waals surface area contributed by atoms with Crippen LogP contribution in [-0.4, -0.2) is 23.3 Å². The van der Waals surface area contributed by atoms with E-state index in [4.69, 9.17) is 9.84 Å². The van der Waals surface area contributed by atoms with Gasteiger partial charge in [0.05, 0.1) is 6.61 Å². The lowest BCUT2D eigenvalue weighted by Crippen LogP contribution is -2.01. The Bertz CT molecular complexity index is 238. The summed E-state index contributed by atoms with van der Waals surface area (Å²) >= 11 is 0. The number of hydrogen-bond acceptors (Lipinski definition) is 3. The van der Waals surface area contributed by atoms with Crippen LogP contribution in [0.5, 0.6) is 5.88 Å². The number of aryl methyl sites for hydroxylation is 1. The van der Waals surface area contributed by atoms with Crippen molar-refractivity contribution < 1.29 is 9.84 Å². The molecule has 0 saturated carbocycles. The number of aromatic nitrogens is 1. The molecule has 1 heterocycles. The summed E-state index contributed by atoms with van der Waals surface area (Å²) in [4.78, 5) is 4.14. The molecule has 14 heavy (non-hydrogen) atoms. The summed E-state index contributed by atoms with van der Waals surface area (Å²) in [7, 11) is 0. The molecule has 3 nitrogen and oxygen atoms in total. The minimum atomic E-state index is 0.159. The average molecular weight is 197 g/mol. The third-order valence-corrected chi connectivity index (χ3v) is 1.42. The number of nitrogens with zero attached hydrogens (tertiary/aromatic N) is 1. The van der Waals surface area contributed by atoms with E-state index in [0.29, 0.717) is 18.9 Å². The van der Waals surface area contributed by atoms with Gasteiger partial charge >= 0.3 is 0 Å². The molecule has 0 aliphatic heterocycles. The van der Waals surface area contributed by atoms with E-state index in [1.54, 1.807) is 0 Å². The standard InChI is InChI=1S/C9H13NO2.C2H6/c1-8-4-2-5-9(10-8)12-7-3-6-11;1-2/h2,4-5,11H,3,6-7H2,1H3;1-2H3. The van der Waals surface area contributed by atoms with Gasteiger partial charge in [0.1, 0.15) is 0 Å². The number of rotatable bonds is 4. The normalized spacial score (nSPS) is 8.86. The third kappa shape index (κ3) is 5.54. The fourth-order valence-electron chi connectivity index (χ4n) is 0.840. The second kappa shape index (κ2) is 8.51. The maximum absolute atomic E-state index is 8.50. The number of aliphatic hydroxyl groups is 1. The van der Waals surface area contributed by atoms with E-state index in [1.807, 2.05) is 39.0 Å². The lowest BCUT2D eigenvalue weighted by molar-refractivity contribution is 0.229. The molecular weight excluding hydrogens is 178 g/mol. The highest BCUT2D eigenvalue weighted by Gasteiger charge is 1.93. The Hall–Kier alpha value is -1.09. The van der Waals surface area contributed by atoms with Gasteiger partial charge in [-0.3, -0.25) is 0 Å². The van der Waals surface area contributed by atoms with E-state index in [2.05, 4.69) is 4.98 Å². The van der Waals surface area contributed by atoms with Gasteiger partial charge in [-0.1, -0.05) is 19.9 Å². The molecule has 0 atom stereocenters. The summed E-state index contributed by atoms with van der Waals surface area (Å²) in [6.07, 6.45) is 0.648. The van der Waals surface area contributed by atoms with Crippen molar-refractivity contribution >= 4 is 0 Å². The summed E-state index contributed by atoms with van der Waals surface area (Å²) in [6.45, 7) is 6.59. The number of hydrogen-bond donors (Lipinski definition) is 1. The van der Waals surface area contributed by atoms with Gasteiger partial charge in [0.25, 0.3) is 0 Å². The minimum absolute atomic E-state index is 0.159. The minimum Gasteiger partial charge on any atom is -0.478 e. The summed E-state index contributed by atoms with van der Waals surface area (Å²) in [6, 6.07) is 5.62. The first-order valence-corrected chi connectivity index (χ1v) is 5.00. The molecular formula is C11H19NO2. The predicted molar refractivity (Wildman–Crippen MR) is 57.5 cm³/mol. The molecule has 0 spiro atoms. The molecule has 80 valence electrons. The fourth-order valence-corrected chi connectivity index (χ4v) is 0.840. The molecule has 3 heteroatoms. The quantitative estimate of drug-likeness (QED) is 0.752. The first-order chi connectivity index (χ1) is 6.83. The third-order valence-electron chi connectivity index (χ3n) is 1.42. The van der Waals surface area contributed by atoms with Crippen molar-refractivity contribution in [2.24, 2.45) is 0 Å². The number of aliphatic hydroxyl groups excluding tert-OH is 1. The van der Waals surface area contributed by atoms with Crippen LogP contribution in [0.15, 0.2) is 18.2 Å². The van der Waals surface area contributed by atoms with Crippen LogP contribution in [0.3, 0.4) is 0 Å². The Morgan fingerprint density at radius 1 is 1.36 bits per heavy atom. The largest absolute Gasteiger partial charge is 0.478 e. The molecule has 0 amide bonds. The molecule has 1 rings (SSSR count). The first-order valence-electron chi connectivity index (χ1n) is 5.00. The van der Waals surface area contributed by atoms with Crippen LogP contribution in [0, 0.1) is 6.92 Å². The van der Waals surface area contributed by atoms with Gasteiger partial charge in [-0.15, -0.1) is 0 Å². The van der Waals surface area contributed by atoms with Crippen LogP contribution in [0.4, 0.5) is 0 Å². The summed E-state index contributed by atoms with van der Waals surface area (Å²) in [5.41, 5.74) is 0.941. The Morgan fingerprint density at radius 3 is 2.64 bits per heavy atom. The lowest BCUT2D eigenvalue weighted by Gasteiger charge is -2.03. The van der Waals surface area contributed by atoms with Gasteiger partial charge < -0.3 is 9.84 Å². The molecule has 0 aliphatic rings. The van der Waals surface area contributed by atoms with Crippen molar-refractivity contribution in [1.29, 1.82) is 0 Å². The summed E-state index contributed by atoms with van der Waals surface area (Å²) in [5, 5.41) is 8.50. The zero-order valence-electron chi connectivity index (χ0n) is 9.16. The maximum atomic E-state index is 8.50. The van der Waals surface area contributed by atoms with E-state index >= 15 is 0 Å². The van der Waals surface area contributed by atoms with Crippen molar-refractivity contribution in [2.45, 2.75) is 27.2 Å². The average Bonchev–Trinajstić information content (AvgIpc) is 2.21. The van der Waals surface area contributed by atoms with Crippen molar-refractivity contribution in [3.05, 3.63) is 23.9 Å². The molecule has 0 radical (unpaired) electrons. The highest BCUT2D eigenvalue weighted by molar-refractivity contribution is 5.14. The van der Waals surface area contributed by atoms with Crippen molar-refractivity contribution in [1.82, 2.24) is 4.98 Å². The van der Waals surface area contributed by atoms with Gasteiger partial charge in [0.15, 0.2) is 0 Å². The topological polar surface area (TPSA) is 42.4 Å². The van der Waals surface area contributed by atoms with Crippen LogP contribution >= 0.6 is 0 Å². The summed E-state index contributed by atoms with van der Waals surface area (Å²) < 4.78 is 5.26. The zero-order chi connectivity index (χ0) is 10.8. The highest BCUT2D eigenvalue weighted by Crippen LogP contribution is 2.06. The lowest BCUT2D eigenvalue weighted by atomic mass is 10.4. The second-order valence-corrected chi connectivity index (χ2v) is 2.54. The molecule has 1 N–H and O–H groups in total. The van der Waals surface area contributed by atoms with Gasteiger partial charge in [-0.05, 0) is 13.0 Å². The SMILES string of the molecule is CC.Cc1cccc(OCCCO)n1. The highest BCUT2D eigenvalue weighted by atomic mass is 16.5. The zero-order valence-corrected chi connectivity index (χ0v) is 9.16. The smallest absolute Gasteiger partial charge is 0.213 e. The number of ether oxygens (including phenoxy) is 1. The van der Waals surface area contributed by atoms with E-state index in [9.17, 15) is 0 Å². The molecule has 0 aromatic carbocycles. The number of pyridine rings is 1. The van der Waals surface area contributed by atoms with Crippen molar-refractivity contribution in [2.75, 3.05) is 13.2 Å². The molecule has 0 aliphatic carbocycles. The van der Waals surface area contributed by atoms with Crippen molar-refractivity contribution in [3.63, 3.8) is 0 Å². The molecule has 0 fully saturated rings. The fraction of sp³-hybridized carbons (Fsp3) is 0.545.